The minimum Gasteiger partial charge on any atom is -0.369 e. The second kappa shape index (κ2) is 7.62. The standard InChI is InChI=1S/C20H26FN5O3/c1-24-16-11-15(25-8-5-12(4-7-22)6-9-25)13(21)10-17(16)26(20(24)29)14-2-3-18(27)23-19(14)28/h10-12,14H,2-9,22H2,1H3,(H,23,27,28). The van der Waals surface area contributed by atoms with Crippen LogP contribution in [0.2, 0.25) is 0 Å². The molecule has 2 aromatic rings. The fourth-order valence-corrected chi connectivity index (χ4v) is 4.54. The Morgan fingerprint density at radius 2 is 1.86 bits per heavy atom. The van der Waals surface area contributed by atoms with E-state index in [9.17, 15) is 14.4 Å². The number of carbonyl (C=O) groups is 2. The molecule has 1 atom stereocenters. The van der Waals surface area contributed by atoms with Crippen LogP contribution in [0.4, 0.5) is 10.1 Å². The van der Waals surface area contributed by atoms with Crippen LogP contribution in [0, 0.1) is 11.7 Å². The molecule has 1 aromatic heterocycles. The highest BCUT2D eigenvalue weighted by atomic mass is 19.1. The van der Waals surface area contributed by atoms with E-state index < -0.39 is 23.5 Å². The molecule has 2 fully saturated rings. The summed E-state index contributed by atoms with van der Waals surface area (Å²) in [5, 5.41) is 2.26. The number of aromatic nitrogens is 2. The van der Waals surface area contributed by atoms with E-state index in [1.165, 1.54) is 15.2 Å². The van der Waals surface area contributed by atoms with Gasteiger partial charge in [0.15, 0.2) is 0 Å². The second-order valence-electron chi connectivity index (χ2n) is 7.98. The number of piperidine rings is 2. The molecular formula is C20H26FN5O3. The molecule has 0 radical (unpaired) electrons. The first-order valence-corrected chi connectivity index (χ1v) is 10.1. The van der Waals surface area contributed by atoms with Crippen LogP contribution in [0.15, 0.2) is 16.9 Å². The van der Waals surface area contributed by atoms with Crippen molar-refractivity contribution in [2.45, 2.75) is 38.1 Å². The van der Waals surface area contributed by atoms with Crippen molar-refractivity contribution < 1.29 is 14.0 Å². The molecule has 1 aromatic carbocycles. The molecule has 2 aliphatic heterocycles. The van der Waals surface area contributed by atoms with Gasteiger partial charge in [0, 0.05) is 32.6 Å². The lowest BCUT2D eigenvalue weighted by atomic mass is 9.93. The van der Waals surface area contributed by atoms with E-state index in [1.54, 1.807) is 13.1 Å². The highest BCUT2D eigenvalue weighted by Crippen LogP contribution is 2.31. The van der Waals surface area contributed by atoms with Crippen LogP contribution in [-0.2, 0) is 16.6 Å². The molecule has 1 unspecified atom stereocenters. The van der Waals surface area contributed by atoms with Crippen LogP contribution >= 0.6 is 0 Å². The van der Waals surface area contributed by atoms with Gasteiger partial charge in [0.1, 0.15) is 11.9 Å². The first-order valence-electron chi connectivity index (χ1n) is 10.1. The van der Waals surface area contributed by atoms with Crippen molar-refractivity contribution >= 4 is 28.5 Å². The first kappa shape index (κ1) is 19.6. The summed E-state index contributed by atoms with van der Waals surface area (Å²) in [5.74, 6) is -0.726. The quantitative estimate of drug-likeness (QED) is 0.742. The predicted molar refractivity (Wildman–Crippen MR) is 107 cm³/mol. The summed E-state index contributed by atoms with van der Waals surface area (Å²) in [5.41, 5.74) is 6.66. The third-order valence-electron chi connectivity index (χ3n) is 6.21. The van der Waals surface area contributed by atoms with Crippen LogP contribution in [0.25, 0.3) is 11.0 Å². The number of halogens is 1. The average molecular weight is 403 g/mol. The molecule has 0 bridgehead atoms. The van der Waals surface area contributed by atoms with Gasteiger partial charge in [0.2, 0.25) is 11.8 Å². The van der Waals surface area contributed by atoms with Gasteiger partial charge in [0.05, 0.1) is 16.7 Å². The smallest absolute Gasteiger partial charge is 0.329 e. The van der Waals surface area contributed by atoms with Gasteiger partial charge in [-0.15, -0.1) is 0 Å². The summed E-state index contributed by atoms with van der Waals surface area (Å²) in [6.45, 7) is 2.16. The molecule has 3 N–H and O–H groups in total. The summed E-state index contributed by atoms with van der Waals surface area (Å²) in [6.07, 6.45) is 3.29. The lowest BCUT2D eigenvalue weighted by molar-refractivity contribution is -0.135. The summed E-state index contributed by atoms with van der Waals surface area (Å²) in [7, 11) is 1.61. The van der Waals surface area contributed by atoms with Crippen molar-refractivity contribution in [3.63, 3.8) is 0 Å². The zero-order chi connectivity index (χ0) is 20.7. The molecule has 2 saturated heterocycles. The van der Waals surface area contributed by atoms with Crippen molar-refractivity contribution in [2.24, 2.45) is 18.7 Å². The molecule has 9 heteroatoms. The van der Waals surface area contributed by atoms with E-state index in [2.05, 4.69) is 5.32 Å². The summed E-state index contributed by atoms with van der Waals surface area (Å²) in [4.78, 5) is 38.6. The Labute approximate surface area is 167 Å². The Morgan fingerprint density at radius 3 is 2.52 bits per heavy atom. The Morgan fingerprint density at radius 1 is 1.14 bits per heavy atom. The predicted octanol–water partition coefficient (Wildman–Crippen LogP) is 1.02. The van der Waals surface area contributed by atoms with Crippen molar-refractivity contribution in [1.82, 2.24) is 14.5 Å². The number of imide groups is 1. The number of nitrogens with one attached hydrogen (secondary N) is 1. The number of benzene rings is 1. The third-order valence-corrected chi connectivity index (χ3v) is 6.21. The zero-order valence-electron chi connectivity index (χ0n) is 16.5. The maximum absolute atomic E-state index is 15.1. The first-order chi connectivity index (χ1) is 13.9. The number of nitrogens with two attached hydrogens (primary N) is 1. The van der Waals surface area contributed by atoms with Gasteiger partial charge in [-0.05, 0) is 44.2 Å². The van der Waals surface area contributed by atoms with Crippen LogP contribution in [0.5, 0.6) is 0 Å². The number of hydrogen-bond donors (Lipinski definition) is 2. The van der Waals surface area contributed by atoms with Gasteiger partial charge in [-0.3, -0.25) is 24.0 Å². The monoisotopic (exact) mass is 403 g/mol. The molecule has 156 valence electrons. The van der Waals surface area contributed by atoms with Gasteiger partial charge >= 0.3 is 5.69 Å². The number of carbonyl (C=O) groups excluding carboxylic acids is 2. The normalized spacial score (nSPS) is 21.1. The molecule has 8 nitrogen and oxygen atoms in total. The van der Waals surface area contributed by atoms with Gasteiger partial charge in [-0.2, -0.15) is 0 Å². The fraction of sp³-hybridized carbons (Fsp3) is 0.550. The van der Waals surface area contributed by atoms with Gasteiger partial charge in [-0.1, -0.05) is 0 Å². The zero-order valence-corrected chi connectivity index (χ0v) is 16.5. The SMILES string of the molecule is Cn1c(=O)n(C2CCC(=O)NC2=O)c2cc(F)c(N3CCC(CCN)CC3)cc21. The van der Waals surface area contributed by atoms with E-state index in [0.29, 0.717) is 29.2 Å². The largest absolute Gasteiger partial charge is 0.369 e. The van der Waals surface area contributed by atoms with E-state index in [0.717, 1.165) is 32.4 Å². The highest BCUT2D eigenvalue weighted by Gasteiger charge is 2.32. The highest BCUT2D eigenvalue weighted by molar-refractivity contribution is 6.00. The van der Waals surface area contributed by atoms with Crippen LogP contribution < -0.4 is 21.6 Å². The van der Waals surface area contributed by atoms with E-state index in [-0.39, 0.29) is 18.7 Å². The molecule has 4 rings (SSSR count). The Hall–Kier alpha value is -2.68. The van der Waals surface area contributed by atoms with E-state index in [4.69, 9.17) is 5.73 Å². The number of nitrogens with zero attached hydrogens (tertiary/aromatic N) is 3. The number of aryl methyl sites for hydroxylation is 1. The maximum atomic E-state index is 15.1. The lowest BCUT2D eigenvalue weighted by Crippen LogP contribution is -2.44. The molecule has 0 spiro atoms. The van der Waals surface area contributed by atoms with E-state index in [1.807, 2.05) is 4.90 Å². The van der Waals surface area contributed by atoms with E-state index >= 15 is 4.39 Å². The lowest BCUT2D eigenvalue weighted by Gasteiger charge is -2.33. The van der Waals surface area contributed by atoms with Crippen LogP contribution in [0.1, 0.15) is 38.1 Å². The van der Waals surface area contributed by atoms with Crippen molar-refractivity contribution in [1.29, 1.82) is 0 Å². The molecular weight excluding hydrogens is 377 g/mol. The number of fused-ring (bicyclic) bond motifs is 1. The Kier molecular flexibility index (Phi) is 5.16. The maximum Gasteiger partial charge on any atom is 0.329 e. The van der Waals surface area contributed by atoms with Gasteiger partial charge in [0.25, 0.3) is 0 Å². The topological polar surface area (TPSA) is 102 Å². The number of imidazole rings is 1. The second-order valence-corrected chi connectivity index (χ2v) is 7.98. The minimum absolute atomic E-state index is 0.150. The molecule has 0 saturated carbocycles. The number of amides is 2. The molecule has 29 heavy (non-hydrogen) atoms. The fourth-order valence-electron chi connectivity index (χ4n) is 4.54. The molecule has 2 aliphatic rings. The summed E-state index contributed by atoms with van der Waals surface area (Å²) < 4.78 is 17.8. The Bertz CT molecular complexity index is 1020. The molecule has 3 heterocycles. The van der Waals surface area contributed by atoms with Crippen molar-refractivity contribution in [3.05, 3.63) is 28.4 Å². The van der Waals surface area contributed by atoms with Gasteiger partial charge < -0.3 is 10.6 Å². The molecule has 2 amide bonds. The summed E-state index contributed by atoms with van der Waals surface area (Å²) >= 11 is 0. The molecule has 0 aliphatic carbocycles. The number of hydrogen-bond acceptors (Lipinski definition) is 5. The number of anilines is 1. The average Bonchev–Trinajstić information content (AvgIpc) is 2.92. The van der Waals surface area contributed by atoms with Crippen LogP contribution in [-0.4, -0.2) is 40.6 Å². The minimum atomic E-state index is -0.818. The Balaban J connectivity index is 1.70. The van der Waals surface area contributed by atoms with Crippen LogP contribution in [0.3, 0.4) is 0 Å². The third kappa shape index (κ3) is 3.43. The number of rotatable bonds is 4. The van der Waals surface area contributed by atoms with Crippen molar-refractivity contribution in [2.75, 3.05) is 24.5 Å². The van der Waals surface area contributed by atoms with Crippen molar-refractivity contribution in [3.8, 4) is 0 Å². The van der Waals surface area contributed by atoms with Gasteiger partial charge in [-0.25, -0.2) is 9.18 Å². The summed E-state index contributed by atoms with van der Waals surface area (Å²) in [6, 6.07) is 2.21.